The Balaban J connectivity index is 3.42. The Morgan fingerprint density at radius 1 is 1.00 bits per heavy atom. The maximum atomic E-state index is 11.5. The summed E-state index contributed by atoms with van der Waals surface area (Å²) in [5.41, 5.74) is -0.419. The van der Waals surface area contributed by atoms with E-state index >= 15 is 0 Å². The number of hydrogen-bond donors (Lipinski definition) is 0. The Kier molecular flexibility index (Phi) is 9.77. The van der Waals surface area contributed by atoms with Gasteiger partial charge in [0.25, 0.3) is 0 Å². The largest absolute Gasteiger partial charge is 0.465 e. The fourth-order valence-corrected chi connectivity index (χ4v) is 1.47. The lowest BCUT2D eigenvalue weighted by Gasteiger charge is -2.16. The summed E-state index contributed by atoms with van der Waals surface area (Å²) in [7, 11) is 0. The second-order valence-corrected chi connectivity index (χ2v) is 5.74. The average Bonchev–Trinajstić information content (AvgIpc) is 2.35. The Hall–Kier alpha value is -1.32. The minimum absolute atomic E-state index is 0.144. The summed E-state index contributed by atoms with van der Waals surface area (Å²) >= 11 is 0. The molecular formula is C16H28O4. The van der Waals surface area contributed by atoms with Crippen LogP contribution in [0.25, 0.3) is 0 Å². The predicted molar refractivity (Wildman–Crippen MR) is 79.3 cm³/mol. The SMILES string of the molecule is CCOC(=O)/C=C/CCCCCCOC(=O)C(C)(C)C. The Labute approximate surface area is 122 Å². The highest BCUT2D eigenvalue weighted by Gasteiger charge is 2.22. The summed E-state index contributed by atoms with van der Waals surface area (Å²) in [6.07, 6.45) is 8.23. The lowest BCUT2D eigenvalue weighted by atomic mass is 9.97. The van der Waals surface area contributed by atoms with Crippen molar-refractivity contribution in [2.75, 3.05) is 13.2 Å². The third kappa shape index (κ3) is 10.6. The summed E-state index contributed by atoms with van der Waals surface area (Å²) in [5, 5.41) is 0. The number of carbonyl (C=O) groups excluding carboxylic acids is 2. The first kappa shape index (κ1) is 18.7. The number of unbranched alkanes of at least 4 members (excludes halogenated alkanes) is 4. The van der Waals surface area contributed by atoms with Crippen molar-refractivity contribution >= 4 is 11.9 Å². The molecule has 20 heavy (non-hydrogen) atoms. The maximum absolute atomic E-state index is 11.5. The monoisotopic (exact) mass is 284 g/mol. The third-order valence-electron chi connectivity index (χ3n) is 2.65. The average molecular weight is 284 g/mol. The van der Waals surface area contributed by atoms with Crippen LogP contribution in [0, 0.1) is 5.41 Å². The molecule has 0 saturated carbocycles. The second kappa shape index (κ2) is 10.5. The molecular weight excluding hydrogens is 256 g/mol. The summed E-state index contributed by atoms with van der Waals surface area (Å²) < 4.78 is 9.96. The first-order valence-electron chi connectivity index (χ1n) is 7.38. The molecule has 0 saturated heterocycles. The van der Waals surface area contributed by atoms with Gasteiger partial charge in [-0.05, 0) is 47.0 Å². The molecule has 116 valence electrons. The van der Waals surface area contributed by atoms with E-state index in [0.717, 1.165) is 32.1 Å². The van der Waals surface area contributed by atoms with E-state index in [4.69, 9.17) is 9.47 Å². The molecule has 0 radical (unpaired) electrons. The van der Waals surface area contributed by atoms with Gasteiger partial charge in [-0.25, -0.2) is 4.79 Å². The van der Waals surface area contributed by atoms with Crippen LogP contribution >= 0.6 is 0 Å². The molecule has 4 heteroatoms. The van der Waals surface area contributed by atoms with Crippen LogP contribution in [0.4, 0.5) is 0 Å². The van der Waals surface area contributed by atoms with Gasteiger partial charge in [0, 0.05) is 6.08 Å². The van der Waals surface area contributed by atoms with Crippen molar-refractivity contribution in [2.45, 2.75) is 59.8 Å². The molecule has 0 amide bonds. The van der Waals surface area contributed by atoms with Gasteiger partial charge in [0.15, 0.2) is 0 Å². The van der Waals surface area contributed by atoms with Crippen LogP contribution in [0.15, 0.2) is 12.2 Å². The Morgan fingerprint density at radius 3 is 2.25 bits per heavy atom. The van der Waals surface area contributed by atoms with Crippen molar-refractivity contribution in [1.29, 1.82) is 0 Å². The zero-order valence-electron chi connectivity index (χ0n) is 13.2. The molecule has 0 aromatic rings. The summed E-state index contributed by atoms with van der Waals surface area (Å²) in [6.45, 7) is 8.26. The quantitative estimate of drug-likeness (QED) is 0.368. The molecule has 0 rings (SSSR count). The second-order valence-electron chi connectivity index (χ2n) is 5.74. The molecule has 0 aliphatic heterocycles. The van der Waals surface area contributed by atoms with Crippen LogP contribution in [0.3, 0.4) is 0 Å². The number of rotatable bonds is 9. The summed E-state index contributed by atoms with van der Waals surface area (Å²) in [6, 6.07) is 0. The van der Waals surface area contributed by atoms with E-state index in [9.17, 15) is 9.59 Å². The van der Waals surface area contributed by atoms with Gasteiger partial charge in [0.2, 0.25) is 0 Å². The van der Waals surface area contributed by atoms with Crippen LogP contribution < -0.4 is 0 Å². The fourth-order valence-electron chi connectivity index (χ4n) is 1.47. The van der Waals surface area contributed by atoms with E-state index in [-0.39, 0.29) is 11.9 Å². The molecule has 0 aliphatic rings. The Bertz CT molecular complexity index is 313. The topological polar surface area (TPSA) is 52.6 Å². The molecule has 0 N–H and O–H groups in total. The molecule has 0 aromatic heterocycles. The summed E-state index contributed by atoms with van der Waals surface area (Å²) in [4.78, 5) is 22.5. The Morgan fingerprint density at radius 2 is 1.65 bits per heavy atom. The van der Waals surface area contributed by atoms with Crippen molar-refractivity contribution in [3.8, 4) is 0 Å². The first-order valence-corrected chi connectivity index (χ1v) is 7.38. The van der Waals surface area contributed by atoms with E-state index in [1.165, 1.54) is 6.08 Å². The lowest BCUT2D eigenvalue weighted by Crippen LogP contribution is -2.23. The van der Waals surface area contributed by atoms with Crippen LogP contribution in [-0.2, 0) is 19.1 Å². The number of esters is 2. The minimum atomic E-state index is -0.419. The molecule has 0 atom stereocenters. The van der Waals surface area contributed by atoms with Gasteiger partial charge >= 0.3 is 11.9 Å². The highest BCUT2D eigenvalue weighted by molar-refractivity contribution is 5.81. The van der Waals surface area contributed by atoms with Gasteiger partial charge < -0.3 is 9.47 Å². The van der Waals surface area contributed by atoms with Crippen LogP contribution in [0.5, 0.6) is 0 Å². The molecule has 0 heterocycles. The highest BCUT2D eigenvalue weighted by atomic mass is 16.5. The van der Waals surface area contributed by atoms with Crippen LogP contribution in [-0.4, -0.2) is 25.2 Å². The van der Waals surface area contributed by atoms with Crippen molar-refractivity contribution in [1.82, 2.24) is 0 Å². The highest BCUT2D eigenvalue weighted by Crippen LogP contribution is 2.15. The number of allylic oxidation sites excluding steroid dienone is 1. The van der Waals surface area contributed by atoms with Crippen LogP contribution in [0.2, 0.25) is 0 Å². The van der Waals surface area contributed by atoms with E-state index in [2.05, 4.69) is 0 Å². The molecule has 0 aromatic carbocycles. The smallest absolute Gasteiger partial charge is 0.330 e. The normalized spacial score (nSPS) is 11.6. The maximum Gasteiger partial charge on any atom is 0.330 e. The molecule has 0 aliphatic carbocycles. The van der Waals surface area contributed by atoms with E-state index < -0.39 is 5.41 Å². The summed E-state index contributed by atoms with van der Waals surface area (Å²) in [5.74, 6) is -0.420. The third-order valence-corrected chi connectivity index (χ3v) is 2.65. The first-order chi connectivity index (χ1) is 9.38. The van der Waals surface area contributed by atoms with E-state index in [0.29, 0.717) is 13.2 Å². The minimum Gasteiger partial charge on any atom is -0.465 e. The van der Waals surface area contributed by atoms with E-state index in [1.54, 1.807) is 6.92 Å². The fraction of sp³-hybridized carbons (Fsp3) is 0.750. The molecule has 0 fully saturated rings. The van der Waals surface area contributed by atoms with Gasteiger partial charge in [-0.1, -0.05) is 18.9 Å². The predicted octanol–water partition coefficient (Wildman–Crippen LogP) is 3.65. The standard InChI is InChI=1S/C16H28O4/c1-5-19-14(17)12-10-8-6-7-9-11-13-20-15(18)16(2,3)4/h10,12H,5-9,11,13H2,1-4H3/b12-10+. The van der Waals surface area contributed by atoms with Gasteiger partial charge in [-0.15, -0.1) is 0 Å². The van der Waals surface area contributed by atoms with Crippen molar-refractivity contribution in [3.63, 3.8) is 0 Å². The molecule has 0 bridgehead atoms. The van der Waals surface area contributed by atoms with Crippen molar-refractivity contribution < 1.29 is 19.1 Å². The lowest BCUT2D eigenvalue weighted by molar-refractivity contribution is -0.153. The molecule has 0 unspecified atom stereocenters. The van der Waals surface area contributed by atoms with E-state index in [1.807, 2.05) is 26.8 Å². The van der Waals surface area contributed by atoms with Crippen LogP contribution in [0.1, 0.15) is 59.8 Å². The zero-order chi connectivity index (χ0) is 15.4. The van der Waals surface area contributed by atoms with Gasteiger partial charge in [0.1, 0.15) is 0 Å². The number of carbonyl (C=O) groups is 2. The van der Waals surface area contributed by atoms with Gasteiger partial charge in [0.05, 0.1) is 18.6 Å². The number of hydrogen-bond acceptors (Lipinski definition) is 4. The molecule has 0 spiro atoms. The van der Waals surface area contributed by atoms with Crippen molar-refractivity contribution in [3.05, 3.63) is 12.2 Å². The van der Waals surface area contributed by atoms with Crippen molar-refractivity contribution in [2.24, 2.45) is 5.41 Å². The zero-order valence-corrected chi connectivity index (χ0v) is 13.2. The molecule has 4 nitrogen and oxygen atoms in total. The van der Waals surface area contributed by atoms with Gasteiger partial charge in [-0.2, -0.15) is 0 Å². The number of ether oxygens (including phenoxy) is 2. The van der Waals surface area contributed by atoms with Gasteiger partial charge in [-0.3, -0.25) is 4.79 Å².